The van der Waals surface area contributed by atoms with Crippen molar-refractivity contribution in [2.24, 2.45) is 5.73 Å². The van der Waals surface area contributed by atoms with Crippen LogP contribution in [-0.2, 0) is 0 Å². The van der Waals surface area contributed by atoms with Crippen molar-refractivity contribution in [3.05, 3.63) is 12.2 Å². The molecule has 0 aromatic rings. The van der Waals surface area contributed by atoms with Gasteiger partial charge in [0.25, 0.3) is 0 Å². The minimum Gasteiger partial charge on any atom is -0.328 e. The van der Waals surface area contributed by atoms with E-state index >= 15 is 0 Å². The molecule has 1 heteroatoms. The maximum atomic E-state index is 6.07. The molecule has 0 aromatic carbocycles. The van der Waals surface area contributed by atoms with Crippen LogP contribution in [0.5, 0.6) is 0 Å². The lowest BCUT2D eigenvalue weighted by atomic mass is 10.0. The van der Waals surface area contributed by atoms with Gasteiger partial charge in [0, 0.05) is 6.04 Å². The highest BCUT2D eigenvalue weighted by molar-refractivity contribution is 4.81. The van der Waals surface area contributed by atoms with Crippen molar-refractivity contribution < 1.29 is 0 Å². The summed E-state index contributed by atoms with van der Waals surface area (Å²) in [5, 5.41) is 0. The first-order valence-electron chi connectivity index (χ1n) is 6.80. The lowest BCUT2D eigenvalue weighted by Crippen LogP contribution is -2.19. The van der Waals surface area contributed by atoms with Gasteiger partial charge in [-0.15, -0.1) is 0 Å². The van der Waals surface area contributed by atoms with Gasteiger partial charge >= 0.3 is 0 Å². The Morgan fingerprint density at radius 2 is 1.13 bits per heavy atom. The van der Waals surface area contributed by atoms with E-state index < -0.39 is 0 Å². The smallest absolute Gasteiger partial charge is 0.00388 e. The minimum absolute atomic E-state index is 0.475. The van der Waals surface area contributed by atoms with Gasteiger partial charge in [-0.3, -0.25) is 0 Å². The van der Waals surface area contributed by atoms with E-state index in [4.69, 9.17) is 5.73 Å². The monoisotopic (exact) mass is 209 g/mol. The van der Waals surface area contributed by atoms with Gasteiger partial charge < -0.3 is 5.73 Å². The molecule has 1 atom stereocenters. The molecule has 1 aliphatic rings. The standard InChI is InChI=1S/C14H27N/c15-14-12-10-8-6-4-2-1-3-5-7-9-11-13-14/h1-2,14H,3-13,15H2. The molecule has 0 radical (unpaired) electrons. The molecule has 0 amide bonds. The summed E-state index contributed by atoms with van der Waals surface area (Å²) < 4.78 is 0. The second kappa shape index (κ2) is 8.96. The highest BCUT2D eigenvalue weighted by atomic mass is 14.6. The third kappa shape index (κ3) is 7.61. The molecule has 1 aliphatic carbocycles. The summed E-state index contributed by atoms with van der Waals surface area (Å²) in [5.41, 5.74) is 6.07. The van der Waals surface area contributed by atoms with Crippen molar-refractivity contribution in [1.29, 1.82) is 0 Å². The molecule has 0 fully saturated rings. The van der Waals surface area contributed by atoms with Gasteiger partial charge in [0.2, 0.25) is 0 Å². The fourth-order valence-corrected chi connectivity index (χ4v) is 2.25. The third-order valence-electron chi connectivity index (χ3n) is 3.31. The Kier molecular flexibility index (Phi) is 7.63. The summed E-state index contributed by atoms with van der Waals surface area (Å²) >= 11 is 0. The summed E-state index contributed by atoms with van der Waals surface area (Å²) in [4.78, 5) is 0. The van der Waals surface area contributed by atoms with Crippen LogP contribution in [0.1, 0.15) is 70.6 Å². The number of hydrogen-bond acceptors (Lipinski definition) is 1. The Balaban J connectivity index is 2.18. The van der Waals surface area contributed by atoms with Crippen molar-refractivity contribution in [2.45, 2.75) is 76.7 Å². The van der Waals surface area contributed by atoms with E-state index in [0.29, 0.717) is 6.04 Å². The average Bonchev–Trinajstić information content (AvgIpc) is 2.24. The normalized spacial score (nSPS) is 27.1. The molecular weight excluding hydrogens is 182 g/mol. The highest BCUT2D eigenvalue weighted by Crippen LogP contribution is 2.13. The summed E-state index contributed by atoms with van der Waals surface area (Å²) in [6, 6.07) is 0.475. The summed E-state index contributed by atoms with van der Waals surface area (Å²) in [5.74, 6) is 0. The number of rotatable bonds is 0. The quantitative estimate of drug-likeness (QED) is 0.595. The first-order chi connectivity index (χ1) is 7.39. The second-order valence-electron chi connectivity index (χ2n) is 4.86. The van der Waals surface area contributed by atoms with Crippen LogP contribution >= 0.6 is 0 Å². The lowest BCUT2D eigenvalue weighted by Gasteiger charge is -2.11. The number of hydrogen-bond donors (Lipinski definition) is 1. The van der Waals surface area contributed by atoms with E-state index in [0.717, 1.165) is 0 Å². The molecule has 2 N–H and O–H groups in total. The van der Waals surface area contributed by atoms with E-state index in [1.807, 2.05) is 0 Å². The van der Waals surface area contributed by atoms with Crippen molar-refractivity contribution >= 4 is 0 Å². The molecule has 0 aromatic heterocycles. The van der Waals surface area contributed by atoms with Crippen LogP contribution in [0, 0.1) is 0 Å². The van der Waals surface area contributed by atoms with Crippen LogP contribution in [-0.4, -0.2) is 6.04 Å². The van der Waals surface area contributed by atoms with Gasteiger partial charge in [-0.05, 0) is 38.5 Å². The Bertz CT molecular complexity index is 163. The van der Waals surface area contributed by atoms with Crippen molar-refractivity contribution in [3.8, 4) is 0 Å². The molecule has 0 heterocycles. The van der Waals surface area contributed by atoms with Crippen LogP contribution in [0.25, 0.3) is 0 Å². The van der Waals surface area contributed by atoms with Crippen molar-refractivity contribution in [2.75, 3.05) is 0 Å². The van der Waals surface area contributed by atoms with Gasteiger partial charge in [-0.1, -0.05) is 44.3 Å². The van der Waals surface area contributed by atoms with Crippen molar-refractivity contribution in [3.63, 3.8) is 0 Å². The van der Waals surface area contributed by atoms with Gasteiger partial charge in [0.05, 0.1) is 0 Å². The molecule has 0 spiro atoms. The zero-order chi connectivity index (χ0) is 10.8. The van der Waals surface area contributed by atoms with Gasteiger partial charge in [0.15, 0.2) is 0 Å². The zero-order valence-electron chi connectivity index (χ0n) is 10.1. The molecule has 1 nitrogen and oxygen atoms in total. The Morgan fingerprint density at radius 1 is 0.667 bits per heavy atom. The Labute approximate surface area is 95.1 Å². The van der Waals surface area contributed by atoms with E-state index in [1.54, 1.807) is 0 Å². The third-order valence-corrected chi connectivity index (χ3v) is 3.31. The molecule has 0 aliphatic heterocycles. The summed E-state index contributed by atoms with van der Waals surface area (Å²) in [7, 11) is 0. The largest absolute Gasteiger partial charge is 0.328 e. The summed E-state index contributed by atoms with van der Waals surface area (Å²) in [6.45, 7) is 0. The fraction of sp³-hybridized carbons (Fsp3) is 0.857. The minimum atomic E-state index is 0.475. The predicted octanol–water partition coefficient (Wildman–Crippen LogP) is 4.17. The maximum Gasteiger partial charge on any atom is 0.00388 e. The van der Waals surface area contributed by atoms with Crippen LogP contribution in [0.3, 0.4) is 0 Å². The van der Waals surface area contributed by atoms with E-state index in [2.05, 4.69) is 12.2 Å². The molecule has 0 bridgehead atoms. The van der Waals surface area contributed by atoms with Crippen molar-refractivity contribution in [1.82, 2.24) is 0 Å². The second-order valence-corrected chi connectivity index (χ2v) is 4.86. The molecule has 1 unspecified atom stereocenters. The molecule has 0 saturated heterocycles. The maximum absolute atomic E-state index is 6.07. The molecular formula is C14H27N. The SMILES string of the molecule is NC1CCCCCC=CCCCCCC1. The first kappa shape index (κ1) is 12.8. The van der Waals surface area contributed by atoms with Crippen LogP contribution < -0.4 is 5.73 Å². The first-order valence-corrected chi connectivity index (χ1v) is 6.80. The Hall–Kier alpha value is -0.300. The topological polar surface area (TPSA) is 26.0 Å². The Morgan fingerprint density at radius 3 is 1.73 bits per heavy atom. The van der Waals surface area contributed by atoms with Crippen LogP contribution in [0.4, 0.5) is 0 Å². The van der Waals surface area contributed by atoms with Crippen LogP contribution in [0.15, 0.2) is 12.2 Å². The van der Waals surface area contributed by atoms with E-state index in [-0.39, 0.29) is 0 Å². The molecule has 1 rings (SSSR count). The molecule has 0 saturated carbocycles. The lowest BCUT2D eigenvalue weighted by molar-refractivity contribution is 0.491. The molecule has 88 valence electrons. The fourth-order valence-electron chi connectivity index (χ4n) is 2.25. The van der Waals surface area contributed by atoms with Crippen LogP contribution in [0.2, 0.25) is 0 Å². The average molecular weight is 209 g/mol. The highest BCUT2D eigenvalue weighted by Gasteiger charge is 2.02. The molecule has 15 heavy (non-hydrogen) atoms. The number of nitrogens with two attached hydrogens (primary N) is 1. The van der Waals surface area contributed by atoms with E-state index in [9.17, 15) is 0 Å². The van der Waals surface area contributed by atoms with Gasteiger partial charge in [-0.2, -0.15) is 0 Å². The predicted molar refractivity (Wildman–Crippen MR) is 67.9 cm³/mol. The summed E-state index contributed by atoms with van der Waals surface area (Å²) in [6.07, 6.45) is 19.3. The zero-order valence-corrected chi connectivity index (χ0v) is 10.1. The van der Waals surface area contributed by atoms with Gasteiger partial charge in [-0.25, -0.2) is 0 Å². The van der Waals surface area contributed by atoms with E-state index in [1.165, 1.54) is 70.6 Å². The number of allylic oxidation sites excluding steroid dienone is 2. The van der Waals surface area contributed by atoms with Gasteiger partial charge in [0.1, 0.15) is 0 Å².